The van der Waals surface area contributed by atoms with Crippen LogP contribution < -0.4 is 10.2 Å². The standard InChI is InChI=1S/C13H19ClN4/c14-12-8-15-9-17-13(12)18-5-3-11(4-6-18)16-7-10-1-2-10/h8-11,16H,1-7H2. The third-order valence-electron chi connectivity index (χ3n) is 3.83. The van der Waals surface area contributed by atoms with E-state index in [1.807, 2.05) is 0 Å². The Balaban J connectivity index is 1.51. The van der Waals surface area contributed by atoms with E-state index in [4.69, 9.17) is 11.6 Å². The average molecular weight is 267 g/mol. The highest BCUT2D eigenvalue weighted by atomic mass is 35.5. The Hall–Kier alpha value is -0.870. The first-order valence-electron chi connectivity index (χ1n) is 6.77. The predicted octanol–water partition coefficient (Wildman–Crippen LogP) is 2.10. The summed E-state index contributed by atoms with van der Waals surface area (Å²) < 4.78 is 0. The summed E-state index contributed by atoms with van der Waals surface area (Å²) in [6.07, 6.45) is 8.42. The molecule has 0 amide bonds. The van der Waals surface area contributed by atoms with Crippen molar-refractivity contribution in [1.29, 1.82) is 0 Å². The lowest BCUT2D eigenvalue weighted by molar-refractivity contribution is 0.407. The molecule has 0 bridgehead atoms. The number of rotatable bonds is 4. The molecule has 1 saturated carbocycles. The van der Waals surface area contributed by atoms with E-state index in [-0.39, 0.29) is 0 Å². The maximum atomic E-state index is 6.12. The van der Waals surface area contributed by atoms with Gasteiger partial charge in [-0.25, -0.2) is 9.97 Å². The summed E-state index contributed by atoms with van der Waals surface area (Å²) >= 11 is 6.12. The summed E-state index contributed by atoms with van der Waals surface area (Å²) in [6.45, 7) is 3.26. The van der Waals surface area contributed by atoms with E-state index in [1.54, 1.807) is 12.5 Å². The van der Waals surface area contributed by atoms with Crippen molar-refractivity contribution in [2.75, 3.05) is 24.5 Å². The Labute approximate surface area is 113 Å². The molecular weight excluding hydrogens is 248 g/mol. The Morgan fingerprint density at radius 1 is 1.28 bits per heavy atom. The molecule has 0 spiro atoms. The first-order valence-corrected chi connectivity index (χ1v) is 7.14. The van der Waals surface area contributed by atoms with Crippen LogP contribution in [0.15, 0.2) is 12.5 Å². The second-order valence-electron chi connectivity index (χ2n) is 5.31. The van der Waals surface area contributed by atoms with Crippen LogP contribution in [0.1, 0.15) is 25.7 Å². The molecule has 2 fully saturated rings. The van der Waals surface area contributed by atoms with E-state index >= 15 is 0 Å². The van der Waals surface area contributed by atoms with Crippen LogP contribution in [-0.2, 0) is 0 Å². The Morgan fingerprint density at radius 3 is 2.72 bits per heavy atom. The SMILES string of the molecule is Clc1cncnc1N1CCC(NCC2CC2)CC1. The number of anilines is 1. The molecule has 1 aliphatic heterocycles. The second-order valence-corrected chi connectivity index (χ2v) is 5.71. The first-order chi connectivity index (χ1) is 8.83. The van der Waals surface area contributed by atoms with Crippen molar-refractivity contribution >= 4 is 17.4 Å². The van der Waals surface area contributed by atoms with E-state index in [2.05, 4.69) is 20.2 Å². The molecule has 1 aromatic rings. The summed E-state index contributed by atoms with van der Waals surface area (Å²) in [7, 11) is 0. The summed E-state index contributed by atoms with van der Waals surface area (Å²) in [5, 5.41) is 4.33. The summed E-state index contributed by atoms with van der Waals surface area (Å²) in [5.41, 5.74) is 0. The minimum absolute atomic E-state index is 0.655. The van der Waals surface area contributed by atoms with Crippen molar-refractivity contribution in [3.05, 3.63) is 17.5 Å². The van der Waals surface area contributed by atoms with E-state index in [0.717, 1.165) is 24.8 Å². The van der Waals surface area contributed by atoms with Crippen LogP contribution in [0.4, 0.5) is 5.82 Å². The lowest BCUT2D eigenvalue weighted by atomic mass is 10.0. The summed E-state index contributed by atoms with van der Waals surface area (Å²) in [5.74, 6) is 1.84. The fourth-order valence-corrected chi connectivity index (χ4v) is 2.71. The molecule has 1 N–H and O–H groups in total. The van der Waals surface area contributed by atoms with Crippen LogP contribution in [0.3, 0.4) is 0 Å². The van der Waals surface area contributed by atoms with Gasteiger partial charge in [0.25, 0.3) is 0 Å². The topological polar surface area (TPSA) is 41.1 Å². The summed E-state index contributed by atoms with van der Waals surface area (Å²) in [4.78, 5) is 10.5. The van der Waals surface area contributed by atoms with Gasteiger partial charge in [-0.2, -0.15) is 0 Å². The molecule has 0 unspecified atom stereocenters. The maximum absolute atomic E-state index is 6.12. The van der Waals surface area contributed by atoms with E-state index < -0.39 is 0 Å². The van der Waals surface area contributed by atoms with Gasteiger partial charge in [0.1, 0.15) is 11.3 Å². The lowest BCUT2D eigenvalue weighted by Gasteiger charge is -2.33. The van der Waals surface area contributed by atoms with Crippen LogP contribution >= 0.6 is 11.6 Å². The molecule has 0 aromatic carbocycles. The van der Waals surface area contributed by atoms with E-state index in [0.29, 0.717) is 11.1 Å². The number of nitrogens with zero attached hydrogens (tertiary/aromatic N) is 3. The van der Waals surface area contributed by atoms with Crippen LogP contribution in [0.25, 0.3) is 0 Å². The fourth-order valence-electron chi connectivity index (χ4n) is 2.49. The molecule has 98 valence electrons. The molecule has 1 aromatic heterocycles. The molecule has 0 radical (unpaired) electrons. The molecule has 18 heavy (non-hydrogen) atoms. The highest BCUT2D eigenvalue weighted by Crippen LogP contribution is 2.28. The van der Waals surface area contributed by atoms with Crippen molar-refractivity contribution in [2.45, 2.75) is 31.7 Å². The van der Waals surface area contributed by atoms with Crippen molar-refractivity contribution in [1.82, 2.24) is 15.3 Å². The number of hydrogen-bond donors (Lipinski definition) is 1. The van der Waals surface area contributed by atoms with Crippen LogP contribution in [0.5, 0.6) is 0 Å². The van der Waals surface area contributed by atoms with Gasteiger partial charge >= 0.3 is 0 Å². The second kappa shape index (κ2) is 5.41. The van der Waals surface area contributed by atoms with Gasteiger partial charge in [-0.05, 0) is 38.1 Å². The normalized spacial score (nSPS) is 21.3. The van der Waals surface area contributed by atoms with E-state index in [1.165, 1.54) is 32.2 Å². The molecule has 1 aliphatic carbocycles. The zero-order chi connectivity index (χ0) is 12.4. The summed E-state index contributed by atoms with van der Waals surface area (Å²) in [6, 6.07) is 0.669. The number of piperidine rings is 1. The molecule has 2 aliphatic rings. The molecule has 4 nitrogen and oxygen atoms in total. The maximum Gasteiger partial charge on any atom is 0.150 e. The van der Waals surface area contributed by atoms with Gasteiger partial charge in [-0.15, -0.1) is 0 Å². The largest absolute Gasteiger partial charge is 0.355 e. The predicted molar refractivity (Wildman–Crippen MR) is 73.0 cm³/mol. The van der Waals surface area contributed by atoms with Gasteiger partial charge in [0.15, 0.2) is 5.82 Å². The number of hydrogen-bond acceptors (Lipinski definition) is 4. The van der Waals surface area contributed by atoms with Crippen molar-refractivity contribution in [2.24, 2.45) is 5.92 Å². The minimum Gasteiger partial charge on any atom is -0.355 e. The van der Waals surface area contributed by atoms with Gasteiger partial charge in [0.2, 0.25) is 0 Å². The molecule has 0 atom stereocenters. The van der Waals surface area contributed by atoms with Gasteiger partial charge < -0.3 is 10.2 Å². The number of halogens is 1. The quantitative estimate of drug-likeness (QED) is 0.906. The third kappa shape index (κ3) is 2.93. The Bertz CT molecular complexity index is 400. The highest BCUT2D eigenvalue weighted by molar-refractivity contribution is 6.32. The van der Waals surface area contributed by atoms with Crippen molar-refractivity contribution < 1.29 is 0 Å². The fraction of sp³-hybridized carbons (Fsp3) is 0.692. The average Bonchev–Trinajstić information content (AvgIpc) is 3.22. The number of nitrogens with one attached hydrogen (secondary N) is 1. The molecule has 5 heteroatoms. The van der Waals surface area contributed by atoms with Gasteiger partial charge in [-0.1, -0.05) is 11.6 Å². The minimum atomic E-state index is 0.655. The monoisotopic (exact) mass is 266 g/mol. The molecular formula is C13H19ClN4. The van der Waals surface area contributed by atoms with Crippen LogP contribution in [0, 0.1) is 5.92 Å². The van der Waals surface area contributed by atoms with E-state index in [9.17, 15) is 0 Å². The van der Waals surface area contributed by atoms with Crippen molar-refractivity contribution in [3.63, 3.8) is 0 Å². The first kappa shape index (κ1) is 12.2. The highest BCUT2D eigenvalue weighted by Gasteiger charge is 2.25. The molecule has 1 saturated heterocycles. The lowest BCUT2D eigenvalue weighted by Crippen LogP contribution is -2.43. The zero-order valence-corrected chi connectivity index (χ0v) is 11.2. The van der Waals surface area contributed by atoms with Crippen LogP contribution in [0.2, 0.25) is 5.02 Å². The molecule has 3 rings (SSSR count). The van der Waals surface area contributed by atoms with Crippen LogP contribution in [-0.4, -0.2) is 35.6 Å². The third-order valence-corrected chi connectivity index (χ3v) is 4.10. The number of aromatic nitrogens is 2. The Morgan fingerprint density at radius 2 is 2.06 bits per heavy atom. The van der Waals surface area contributed by atoms with Gasteiger partial charge in [-0.3, -0.25) is 0 Å². The van der Waals surface area contributed by atoms with Crippen molar-refractivity contribution in [3.8, 4) is 0 Å². The Kier molecular flexibility index (Phi) is 3.66. The molecule has 2 heterocycles. The smallest absolute Gasteiger partial charge is 0.150 e. The zero-order valence-electron chi connectivity index (χ0n) is 10.5. The van der Waals surface area contributed by atoms with Gasteiger partial charge in [0, 0.05) is 19.1 Å². The van der Waals surface area contributed by atoms with Gasteiger partial charge in [0.05, 0.1) is 6.20 Å².